The number of amides is 1. The first-order valence-corrected chi connectivity index (χ1v) is 6.95. The molecule has 1 aliphatic rings. The van der Waals surface area contributed by atoms with Crippen molar-refractivity contribution in [3.8, 4) is 0 Å². The molecule has 1 heterocycles. The van der Waals surface area contributed by atoms with Crippen molar-refractivity contribution >= 4 is 12.1 Å². The summed E-state index contributed by atoms with van der Waals surface area (Å²) in [5.41, 5.74) is -0.481. The summed E-state index contributed by atoms with van der Waals surface area (Å²) in [7, 11) is 0. The monoisotopic (exact) mass is 271 g/mol. The average Bonchev–Trinajstić information content (AvgIpc) is 2.27. The van der Waals surface area contributed by atoms with E-state index in [0.717, 1.165) is 12.8 Å². The Labute approximate surface area is 115 Å². The smallest absolute Gasteiger partial charge is 0.410 e. The van der Waals surface area contributed by atoms with Gasteiger partial charge < -0.3 is 14.4 Å². The summed E-state index contributed by atoms with van der Waals surface area (Å²) in [6.45, 7) is 9.04. The first kappa shape index (κ1) is 15.8. The van der Waals surface area contributed by atoms with Crippen molar-refractivity contribution < 1.29 is 19.1 Å². The lowest BCUT2D eigenvalue weighted by Gasteiger charge is -2.33. The Morgan fingerprint density at radius 1 is 1.32 bits per heavy atom. The van der Waals surface area contributed by atoms with E-state index in [1.54, 1.807) is 11.8 Å². The lowest BCUT2D eigenvalue weighted by molar-refractivity contribution is -0.144. The molecule has 0 saturated carbocycles. The highest BCUT2D eigenvalue weighted by Crippen LogP contribution is 2.22. The van der Waals surface area contributed by atoms with Gasteiger partial charge in [0.25, 0.3) is 0 Å². The van der Waals surface area contributed by atoms with Gasteiger partial charge in [0.2, 0.25) is 0 Å². The van der Waals surface area contributed by atoms with Crippen molar-refractivity contribution in [3.63, 3.8) is 0 Å². The van der Waals surface area contributed by atoms with Gasteiger partial charge in [0.1, 0.15) is 5.60 Å². The second-order valence-corrected chi connectivity index (χ2v) is 5.94. The van der Waals surface area contributed by atoms with Crippen LogP contribution in [-0.4, -0.2) is 42.3 Å². The van der Waals surface area contributed by atoms with Crippen molar-refractivity contribution in [3.05, 3.63) is 0 Å². The van der Waals surface area contributed by atoms with Crippen LogP contribution in [0, 0.1) is 5.92 Å². The number of rotatable bonds is 3. The van der Waals surface area contributed by atoms with Crippen molar-refractivity contribution in [1.82, 2.24) is 4.90 Å². The van der Waals surface area contributed by atoms with E-state index in [0.29, 0.717) is 26.1 Å². The Balaban J connectivity index is 2.45. The first-order chi connectivity index (χ1) is 8.81. The maximum Gasteiger partial charge on any atom is 0.410 e. The molecule has 1 rings (SSSR count). The summed E-state index contributed by atoms with van der Waals surface area (Å²) >= 11 is 0. The topological polar surface area (TPSA) is 55.8 Å². The molecule has 1 atom stereocenters. The fraction of sp³-hybridized carbons (Fsp3) is 0.857. The Morgan fingerprint density at radius 3 is 2.58 bits per heavy atom. The van der Waals surface area contributed by atoms with Gasteiger partial charge in [0.05, 0.1) is 13.0 Å². The third-order valence-corrected chi connectivity index (χ3v) is 2.93. The average molecular weight is 271 g/mol. The van der Waals surface area contributed by atoms with Crippen LogP contribution < -0.4 is 0 Å². The SMILES string of the molecule is CCOC(=O)CC1CCCN(C(=O)OC(C)(C)C)C1. The van der Waals surface area contributed by atoms with E-state index in [4.69, 9.17) is 9.47 Å². The molecule has 1 fully saturated rings. The van der Waals surface area contributed by atoms with Crippen molar-refractivity contribution in [2.75, 3.05) is 19.7 Å². The molecule has 1 amide bonds. The largest absolute Gasteiger partial charge is 0.466 e. The maximum absolute atomic E-state index is 12.0. The van der Waals surface area contributed by atoms with E-state index in [-0.39, 0.29) is 18.0 Å². The van der Waals surface area contributed by atoms with E-state index in [2.05, 4.69) is 0 Å². The van der Waals surface area contributed by atoms with Crippen LogP contribution in [0.15, 0.2) is 0 Å². The summed E-state index contributed by atoms with van der Waals surface area (Å²) in [6.07, 6.45) is 1.95. The normalized spacial score (nSPS) is 20.0. The molecule has 0 spiro atoms. The van der Waals surface area contributed by atoms with Crippen LogP contribution in [0.25, 0.3) is 0 Å². The number of hydrogen-bond acceptors (Lipinski definition) is 4. The molecular weight excluding hydrogens is 246 g/mol. The molecule has 110 valence electrons. The van der Waals surface area contributed by atoms with Gasteiger partial charge >= 0.3 is 12.1 Å². The van der Waals surface area contributed by atoms with Gasteiger partial charge in [-0.25, -0.2) is 4.79 Å². The molecular formula is C14H25NO4. The first-order valence-electron chi connectivity index (χ1n) is 6.95. The molecule has 0 aliphatic carbocycles. The van der Waals surface area contributed by atoms with Gasteiger partial charge in [-0.05, 0) is 46.5 Å². The standard InChI is InChI=1S/C14H25NO4/c1-5-18-12(16)9-11-7-6-8-15(10-11)13(17)19-14(2,3)4/h11H,5-10H2,1-4H3. The lowest BCUT2D eigenvalue weighted by atomic mass is 9.95. The Hall–Kier alpha value is -1.26. The molecule has 0 aromatic heterocycles. The van der Waals surface area contributed by atoms with Crippen LogP contribution >= 0.6 is 0 Å². The molecule has 5 heteroatoms. The van der Waals surface area contributed by atoms with E-state index >= 15 is 0 Å². The number of hydrogen-bond donors (Lipinski definition) is 0. The van der Waals surface area contributed by atoms with E-state index < -0.39 is 5.60 Å². The van der Waals surface area contributed by atoms with E-state index in [1.807, 2.05) is 20.8 Å². The van der Waals surface area contributed by atoms with Crippen LogP contribution in [0.2, 0.25) is 0 Å². The van der Waals surface area contributed by atoms with Gasteiger partial charge in [-0.3, -0.25) is 4.79 Å². The number of likely N-dealkylation sites (tertiary alicyclic amines) is 1. The van der Waals surface area contributed by atoms with Gasteiger partial charge in [0.15, 0.2) is 0 Å². The maximum atomic E-state index is 12.0. The minimum atomic E-state index is -0.481. The molecule has 0 bridgehead atoms. The summed E-state index contributed by atoms with van der Waals surface area (Å²) in [6, 6.07) is 0. The zero-order valence-corrected chi connectivity index (χ0v) is 12.4. The molecule has 1 aliphatic heterocycles. The van der Waals surface area contributed by atoms with E-state index in [9.17, 15) is 9.59 Å². The summed E-state index contributed by atoms with van der Waals surface area (Å²) in [5, 5.41) is 0. The number of esters is 1. The molecule has 1 saturated heterocycles. The van der Waals surface area contributed by atoms with Crippen LogP contribution in [0.1, 0.15) is 47.0 Å². The van der Waals surface area contributed by atoms with E-state index in [1.165, 1.54) is 0 Å². The molecule has 0 N–H and O–H groups in total. The second-order valence-electron chi connectivity index (χ2n) is 5.94. The van der Waals surface area contributed by atoms with Crippen LogP contribution in [0.4, 0.5) is 4.79 Å². The summed E-state index contributed by atoms with van der Waals surface area (Å²) < 4.78 is 10.3. The molecule has 0 aromatic rings. The zero-order chi connectivity index (χ0) is 14.5. The van der Waals surface area contributed by atoms with Crippen LogP contribution in [0.5, 0.6) is 0 Å². The third kappa shape index (κ3) is 5.94. The molecule has 0 aromatic carbocycles. The Bertz CT molecular complexity index is 322. The predicted octanol–water partition coefficient (Wildman–Crippen LogP) is 2.59. The highest BCUT2D eigenvalue weighted by molar-refractivity contribution is 5.70. The number of carbonyl (C=O) groups is 2. The quantitative estimate of drug-likeness (QED) is 0.740. The van der Waals surface area contributed by atoms with Gasteiger partial charge in [-0.2, -0.15) is 0 Å². The van der Waals surface area contributed by atoms with Crippen molar-refractivity contribution in [1.29, 1.82) is 0 Å². The van der Waals surface area contributed by atoms with Gasteiger partial charge in [0, 0.05) is 13.1 Å². The number of nitrogens with zero attached hydrogens (tertiary/aromatic N) is 1. The van der Waals surface area contributed by atoms with Crippen LogP contribution in [0.3, 0.4) is 0 Å². The Kier molecular flexibility index (Phi) is 5.63. The fourth-order valence-corrected chi connectivity index (χ4v) is 2.18. The van der Waals surface area contributed by atoms with Crippen LogP contribution in [-0.2, 0) is 14.3 Å². The highest BCUT2D eigenvalue weighted by atomic mass is 16.6. The predicted molar refractivity (Wildman–Crippen MR) is 71.8 cm³/mol. The third-order valence-electron chi connectivity index (χ3n) is 2.93. The molecule has 19 heavy (non-hydrogen) atoms. The molecule has 5 nitrogen and oxygen atoms in total. The minimum Gasteiger partial charge on any atom is -0.466 e. The summed E-state index contributed by atoms with van der Waals surface area (Å²) in [4.78, 5) is 25.1. The number of carbonyl (C=O) groups excluding carboxylic acids is 2. The van der Waals surface area contributed by atoms with Gasteiger partial charge in [-0.15, -0.1) is 0 Å². The zero-order valence-electron chi connectivity index (χ0n) is 12.4. The van der Waals surface area contributed by atoms with Crippen molar-refractivity contribution in [2.45, 2.75) is 52.6 Å². The molecule has 0 radical (unpaired) electrons. The number of piperidine rings is 1. The fourth-order valence-electron chi connectivity index (χ4n) is 2.18. The molecule has 1 unspecified atom stereocenters. The Morgan fingerprint density at radius 2 is 2.00 bits per heavy atom. The van der Waals surface area contributed by atoms with Crippen molar-refractivity contribution in [2.24, 2.45) is 5.92 Å². The van der Waals surface area contributed by atoms with Gasteiger partial charge in [-0.1, -0.05) is 0 Å². The second kappa shape index (κ2) is 6.78. The minimum absolute atomic E-state index is 0.181. The highest BCUT2D eigenvalue weighted by Gasteiger charge is 2.28. The summed E-state index contributed by atoms with van der Waals surface area (Å²) in [5.74, 6) is -0.00106. The number of ether oxygens (including phenoxy) is 2. The lowest BCUT2D eigenvalue weighted by Crippen LogP contribution is -2.43.